The molecule has 2 nitrogen and oxygen atoms in total. The average Bonchev–Trinajstić information content (AvgIpc) is 2.41. The lowest BCUT2D eigenvalue weighted by atomic mass is 10.2. The molecule has 21 heavy (non-hydrogen) atoms. The van der Waals surface area contributed by atoms with E-state index in [1.54, 1.807) is 5.32 Å². The van der Waals surface area contributed by atoms with E-state index in [0.29, 0.717) is 4.47 Å². The van der Waals surface area contributed by atoms with Gasteiger partial charge in [0.05, 0.1) is 5.56 Å². The van der Waals surface area contributed by atoms with Crippen LogP contribution in [0.25, 0.3) is 0 Å². The summed E-state index contributed by atoms with van der Waals surface area (Å²) < 4.78 is 53.7. The molecule has 0 heterocycles. The maximum absolute atomic E-state index is 13.5. The summed E-state index contributed by atoms with van der Waals surface area (Å²) in [6, 6.07) is 4.39. The molecule has 1 amide bonds. The number of thiol groups is 1. The number of hydrogen-bond acceptors (Lipinski definition) is 2. The molecule has 2 aromatic rings. The van der Waals surface area contributed by atoms with Crippen LogP contribution < -0.4 is 5.32 Å². The van der Waals surface area contributed by atoms with Gasteiger partial charge in [0.25, 0.3) is 5.91 Å². The molecule has 110 valence electrons. The van der Waals surface area contributed by atoms with E-state index in [0.717, 1.165) is 0 Å². The minimum atomic E-state index is -1.68. The van der Waals surface area contributed by atoms with Crippen LogP contribution in [0, 0.1) is 23.3 Å². The molecule has 0 saturated carbocycles. The second-order valence-corrected chi connectivity index (χ2v) is 5.36. The number of benzene rings is 2. The fourth-order valence-electron chi connectivity index (χ4n) is 1.56. The van der Waals surface area contributed by atoms with E-state index in [9.17, 15) is 22.4 Å². The van der Waals surface area contributed by atoms with Gasteiger partial charge in [-0.3, -0.25) is 4.79 Å². The standard InChI is InChI=1S/C13H6BrF4NOS/c14-5-1-2-6(9(21)3-5)13(20)19-12-10(17)7(15)4-8(16)11(12)18/h1-4,21H,(H,19,20). The SMILES string of the molecule is O=C(Nc1c(F)c(F)cc(F)c1F)c1ccc(Br)cc1S. The van der Waals surface area contributed by atoms with Crippen LogP contribution in [0.2, 0.25) is 0 Å². The van der Waals surface area contributed by atoms with Crippen LogP contribution in [0.5, 0.6) is 0 Å². The highest BCUT2D eigenvalue weighted by Gasteiger charge is 2.22. The van der Waals surface area contributed by atoms with Crippen molar-refractivity contribution < 1.29 is 22.4 Å². The summed E-state index contributed by atoms with van der Waals surface area (Å²) >= 11 is 7.19. The Morgan fingerprint density at radius 1 is 1.05 bits per heavy atom. The number of nitrogens with one attached hydrogen (secondary N) is 1. The van der Waals surface area contributed by atoms with Gasteiger partial charge in [0.2, 0.25) is 0 Å². The summed E-state index contributed by atoms with van der Waals surface area (Å²) in [5, 5.41) is 1.80. The van der Waals surface area contributed by atoms with E-state index in [1.807, 2.05) is 0 Å². The van der Waals surface area contributed by atoms with E-state index in [2.05, 4.69) is 28.6 Å². The first-order chi connectivity index (χ1) is 9.81. The van der Waals surface area contributed by atoms with Gasteiger partial charge in [-0.25, -0.2) is 17.6 Å². The highest BCUT2D eigenvalue weighted by atomic mass is 79.9. The maximum atomic E-state index is 13.5. The number of amides is 1. The molecule has 2 rings (SSSR count). The number of hydrogen-bond donors (Lipinski definition) is 2. The van der Waals surface area contributed by atoms with Crippen LogP contribution in [0.1, 0.15) is 10.4 Å². The van der Waals surface area contributed by atoms with Crippen molar-refractivity contribution in [2.45, 2.75) is 4.90 Å². The molecule has 0 aromatic heterocycles. The Morgan fingerprint density at radius 2 is 1.62 bits per heavy atom. The molecule has 0 spiro atoms. The van der Waals surface area contributed by atoms with E-state index in [1.165, 1.54) is 18.2 Å². The molecule has 2 aromatic carbocycles. The van der Waals surface area contributed by atoms with Crippen molar-refractivity contribution in [2.75, 3.05) is 5.32 Å². The van der Waals surface area contributed by atoms with Gasteiger partial charge >= 0.3 is 0 Å². The van der Waals surface area contributed by atoms with E-state index >= 15 is 0 Å². The largest absolute Gasteiger partial charge is 0.317 e. The smallest absolute Gasteiger partial charge is 0.256 e. The molecule has 0 aliphatic carbocycles. The number of anilines is 1. The van der Waals surface area contributed by atoms with E-state index < -0.39 is 34.9 Å². The summed E-state index contributed by atoms with van der Waals surface area (Å²) in [5.74, 6) is -7.52. The van der Waals surface area contributed by atoms with Crippen LogP contribution in [0.15, 0.2) is 33.6 Å². The van der Waals surface area contributed by atoms with Gasteiger partial charge in [0.15, 0.2) is 23.3 Å². The topological polar surface area (TPSA) is 29.1 Å². The van der Waals surface area contributed by atoms with Gasteiger partial charge in [-0.2, -0.15) is 0 Å². The lowest BCUT2D eigenvalue weighted by Gasteiger charge is -2.10. The number of halogens is 5. The Labute approximate surface area is 130 Å². The van der Waals surface area contributed by atoms with Crippen molar-refractivity contribution in [1.82, 2.24) is 0 Å². The maximum Gasteiger partial charge on any atom is 0.256 e. The van der Waals surface area contributed by atoms with Gasteiger partial charge in [0.1, 0.15) is 5.69 Å². The highest BCUT2D eigenvalue weighted by Crippen LogP contribution is 2.26. The molecule has 0 saturated heterocycles. The van der Waals surface area contributed by atoms with Gasteiger partial charge < -0.3 is 5.32 Å². The zero-order valence-corrected chi connectivity index (χ0v) is 12.5. The predicted octanol–water partition coefficient (Wildman–Crippen LogP) is 4.55. The molecule has 0 fully saturated rings. The summed E-state index contributed by atoms with van der Waals surface area (Å²) in [5.41, 5.74) is -1.20. The van der Waals surface area contributed by atoms with Gasteiger partial charge in [0, 0.05) is 15.4 Å². The molecule has 0 atom stereocenters. The Morgan fingerprint density at radius 3 is 2.14 bits per heavy atom. The lowest BCUT2D eigenvalue weighted by molar-refractivity contribution is 0.102. The van der Waals surface area contributed by atoms with Gasteiger partial charge in [-0.05, 0) is 18.2 Å². The van der Waals surface area contributed by atoms with Crippen molar-refractivity contribution in [3.63, 3.8) is 0 Å². The zero-order chi connectivity index (χ0) is 15.7. The summed E-state index contributed by atoms with van der Waals surface area (Å²) in [6.07, 6.45) is 0. The first-order valence-corrected chi connectivity index (χ1v) is 6.68. The summed E-state index contributed by atoms with van der Waals surface area (Å²) in [6.45, 7) is 0. The molecular formula is C13H6BrF4NOS. The Bertz CT molecular complexity index is 712. The fraction of sp³-hybridized carbons (Fsp3) is 0. The number of carbonyl (C=O) groups is 1. The van der Waals surface area contributed by atoms with Crippen molar-refractivity contribution in [3.05, 3.63) is 57.6 Å². The Balaban J connectivity index is 2.41. The Hall–Kier alpha value is -1.54. The van der Waals surface area contributed by atoms with E-state index in [-0.39, 0.29) is 16.5 Å². The van der Waals surface area contributed by atoms with Crippen molar-refractivity contribution in [1.29, 1.82) is 0 Å². The highest BCUT2D eigenvalue weighted by molar-refractivity contribution is 9.10. The number of rotatable bonds is 2. The minimum absolute atomic E-state index is 0.00926. The molecule has 1 N–H and O–H groups in total. The first kappa shape index (κ1) is 15.8. The quantitative estimate of drug-likeness (QED) is 0.447. The average molecular weight is 380 g/mol. The summed E-state index contributed by atoms with van der Waals surface area (Å²) in [4.78, 5) is 12.1. The molecular weight excluding hydrogens is 374 g/mol. The second-order valence-electron chi connectivity index (χ2n) is 3.96. The predicted molar refractivity (Wildman–Crippen MR) is 75.6 cm³/mol. The normalized spacial score (nSPS) is 10.6. The van der Waals surface area contributed by atoms with Crippen molar-refractivity contribution >= 4 is 40.2 Å². The van der Waals surface area contributed by atoms with Crippen LogP contribution in [-0.2, 0) is 0 Å². The van der Waals surface area contributed by atoms with Crippen molar-refractivity contribution in [2.24, 2.45) is 0 Å². The van der Waals surface area contributed by atoms with Crippen LogP contribution in [-0.4, -0.2) is 5.91 Å². The minimum Gasteiger partial charge on any atom is -0.317 e. The molecule has 0 aliphatic rings. The lowest BCUT2D eigenvalue weighted by Crippen LogP contribution is -2.16. The third-order valence-electron chi connectivity index (χ3n) is 2.55. The second kappa shape index (κ2) is 6.07. The first-order valence-electron chi connectivity index (χ1n) is 5.44. The van der Waals surface area contributed by atoms with Crippen LogP contribution in [0.3, 0.4) is 0 Å². The Kier molecular flexibility index (Phi) is 4.58. The third kappa shape index (κ3) is 3.21. The third-order valence-corrected chi connectivity index (χ3v) is 3.42. The number of carbonyl (C=O) groups excluding carboxylic acids is 1. The summed E-state index contributed by atoms with van der Waals surface area (Å²) in [7, 11) is 0. The molecule has 8 heteroatoms. The van der Waals surface area contributed by atoms with Gasteiger partial charge in [-0.15, -0.1) is 12.6 Å². The molecule has 0 bridgehead atoms. The molecule has 0 unspecified atom stereocenters. The van der Waals surface area contributed by atoms with Crippen molar-refractivity contribution in [3.8, 4) is 0 Å². The van der Waals surface area contributed by atoms with Crippen LogP contribution in [0.4, 0.5) is 23.2 Å². The molecule has 0 aliphatic heterocycles. The van der Waals surface area contributed by atoms with Crippen LogP contribution >= 0.6 is 28.6 Å². The van der Waals surface area contributed by atoms with E-state index in [4.69, 9.17) is 0 Å². The fourth-order valence-corrected chi connectivity index (χ4v) is 2.41. The zero-order valence-electron chi connectivity index (χ0n) is 10.1. The molecule has 0 radical (unpaired) electrons. The van der Waals surface area contributed by atoms with Gasteiger partial charge in [-0.1, -0.05) is 15.9 Å². The monoisotopic (exact) mass is 379 g/mol.